The van der Waals surface area contributed by atoms with Crippen molar-refractivity contribution in [1.29, 1.82) is 0 Å². The van der Waals surface area contributed by atoms with Crippen molar-refractivity contribution in [2.75, 3.05) is 0 Å². The Bertz CT molecular complexity index is 366. The predicted octanol–water partition coefficient (Wildman–Crippen LogP) is 4.61. The Kier molecular flexibility index (Phi) is 4.82. The van der Waals surface area contributed by atoms with Crippen LogP contribution in [0.1, 0.15) is 63.1 Å². The molecule has 1 heteroatoms. The molecule has 1 saturated carbocycles. The lowest BCUT2D eigenvalue weighted by Gasteiger charge is -2.31. The summed E-state index contributed by atoms with van der Waals surface area (Å²) in [5.41, 5.74) is 2.84. The lowest BCUT2D eigenvalue weighted by atomic mass is 9.84. The summed E-state index contributed by atoms with van der Waals surface area (Å²) in [6.45, 7) is 6.87. The van der Waals surface area contributed by atoms with Gasteiger partial charge in [-0.05, 0) is 50.7 Å². The molecule has 1 fully saturated rings. The summed E-state index contributed by atoms with van der Waals surface area (Å²) in [5.74, 6) is 0.880. The van der Waals surface area contributed by atoms with Gasteiger partial charge in [0.05, 0.1) is 0 Å². The zero-order valence-electron chi connectivity index (χ0n) is 12.1. The Labute approximate surface area is 112 Å². The average molecular weight is 245 g/mol. The first kappa shape index (κ1) is 13.6. The van der Waals surface area contributed by atoms with E-state index in [1.165, 1.54) is 43.2 Å². The molecular formula is C17H27N. The van der Waals surface area contributed by atoms with E-state index in [1.54, 1.807) is 0 Å². The van der Waals surface area contributed by atoms with Crippen LogP contribution in [0.3, 0.4) is 0 Å². The number of hydrogen-bond donors (Lipinski definition) is 1. The van der Waals surface area contributed by atoms with Gasteiger partial charge in [0.1, 0.15) is 0 Å². The monoisotopic (exact) mass is 245 g/mol. The summed E-state index contributed by atoms with van der Waals surface area (Å²) < 4.78 is 0. The van der Waals surface area contributed by atoms with Gasteiger partial charge in [-0.25, -0.2) is 0 Å². The van der Waals surface area contributed by atoms with Gasteiger partial charge in [0.15, 0.2) is 0 Å². The summed E-state index contributed by atoms with van der Waals surface area (Å²) in [6, 6.07) is 9.82. The van der Waals surface area contributed by atoms with Gasteiger partial charge in [0.25, 0.3) is 0 Å². The van der Waals surface area contributed by atoms with Crippen LogP contribution in [0, 0.1) is 12.8 Å². The van der Waals surface area contributed by atoms with Crippen LogP contribution in [0.25, 0.3) is 0 Å². The second-order valence-corrected chi connectivity index (χ2v) is 5.93. The van der Waals surface area contributed by atoms with Crippen LogP contribution in [0.15, 0.2) is 24.3 Å². The maximum atomic E-state index is 3.81. The second kappa shape index (κ2) is 6.38. The fourth-order valence-corrected chi connectivity index (χ4v) is 3.33. The van der Waals surface area contributed by atoms with Crippen LogP contribution in [0.4, 0.5) is 0 Å². The molecule has 1 aromatic carbocycles. The fraction of sp³-hybridized carbons (Fsp3) is 0.647. The fourth-order valence-electron chi connectivity index (χ4n) is 3.33. The Morgan fingerprint density at radius 3 is 2.39 bits per heavy atom. The van der Waals surface area contributed by atoms with Gasteiger partial charge in [-0.3, -0.25) is 0 Å². The van der Waals surface area contributed by atoms with Gasteiger partial charge in [0, 0.05) is 12.1 Å². The molecule has 1 nitrogen and oxygen atoms in total. The van der Waals surface area contributed by atoms with Crippen molar-refractivity contribution in [2.24, 2.45) is 5.92 Å². The van der Waals surface area contributed by atoms with Gasteiger partial charge in [-0.15, -0.1) is 0 Å². The third kappa shape index (κ3) is 3.35. The quantitative estimate of drug-likeness (QED) is 0.816. The van der Waals surface area contributed by atoms with Gasteiger partial charge >= 0.3 is 0 Å². The highest BCUT2D eigenvalue weighted by Crippen LogP contribution is 2.28. The third-order valence-electron chi connectivity index (χ3n) is 4.52. The Balaban J connectivity index is 1.94. The van der Waals surface area contributed by atoms with Crippen LogP contribution >= 0.6 is 0 Å². The Hall–Kier alpha value is -0.820. The van der Waals surface area contributed by atoms with E-state index in [-0.39, 0.29) is 0 Å². The van der Waals surface area contributed by atoms with Crippen molar-refractivity contribution < 1.29 is 0 Å². The van der Waals surface area contributed by atoms with E-state index in [0.29, 0.717) is 12.1 Å². The predicted molar refractivity (Wildman–Crippen MR) is 78.8 cm³/mol. The molecule has 0 aromatic heterocycles. The molecule has 18 heavy (non-hydrogen) atoms. The van der Waals surface area contributed by atoms with Gasteiger partial charge in [-0.1, -0.05) is 43.5 Å². The SMILES string of the molecule is Cc1ccccc1C(C)N[C@@H](C)C1CCCCC1. The van der Waals surface area contributed by atoms with E-state index in [4.69, 9.17) is 0 Å². The second-order valence-electron chi connectivity index (χ2n) is 5.93. The van der Waals surface area contributed by atoms with E-state index in [9.17, 15) is 0 Å². The van der Waals surface area contributed by atoms with Gasteiger partial charge < -0.3 is 5.32 Å². The number of aryl methyl sites for hydroxylation is 1. The summed E-state index contributed by atoms with van der Waals surface area (Å²) in [7, 11) is 0. The molecule has 1 aliphatic rings. The number of rotatable bonds is 4. The first-order valence-electron chi connectivity index (χ1n) is 7.50. The van der Waals surface area contributed by atoms with Gasteiger partial charge in [0.2, 0.25) is 0 Å². The molecule has 0 aliphatic heterocycles. The highest BCUT2D eigenvalue weighted by molar-refractivity contribution is 5.28. The van der Waals surface area contributed by atoms with E-state index in [1.807, 2.05) is 0 Å². The van der Waals surface area contributed by atoms with Crippen LogP contribution in [0.5, 0.6) is 0 Å². The lowest BCUT2D eigenvalue weighted by Crippen LogP contribution is -2.36. The summed E-state index contributed by atoms with van der Waals surface area (Å²) in [6.07, 6.45) is 7.12. The molecule has 0 spiro atoms. The summed E-state index contributed by atoms with van der Waals surface area (Å²) in [5, 5.41) is 3.81. The lowest BCUT2D eigenvalue weighted by molar-refractivity contribution is 0.268. The zero-order valence-corrected chi connectivity index (χ0v) is 12.1. The van der Waals surface area contributed by atoms with E-state index < -0.39 is 0 Å². The molecule has 2 atom stereocenters. The van der Waals surface area contributed by atoms with Crippen LogP contribution in [0.2, 0.25) is 0 Å². The molecule has 2 rings (SSSR count). The highest BCUT2D eigenvalue weighted by atomic mass is 14.9. The smallest absolute Gasteiger partial charge is 0.0296 e. The molecule has 1 N–H and O–H groups in total. The minimum absolute atomic E-state index is 0.461. The van der Waals surface area contributed by atoms with Crippen molar-refractivity contribution >= 4 is 0 Å². The molecule has 0 amide bonds. The van der Waals surface area contributed by atoms with Gasteiger partial charge in [-0.2, -0.15) is 0 Å². The molecule has 100 valence electrons. The summed E-state index contributed by atoms with van der Waals surface area (Å²) in [4.78, 5) is 0. The normalized spacial score (nSPS) is 20.6. The molecule has 0 heterocycles. The van der Waals surface area contributed by atoms with Crippen molar-refractivity contribution in [1.82, 2.24) is 5.32 Å². The zero-order chi connectivity index (χ0) is 13.0. The maximum Gasteiger partial charge on any atom is 0.0296 e. The molecule has 1 aliphatic carbocycles. The number of hydrogen-bond acceptors (Lipinski definition) is 1. The topological polar surface area (TPSA) is 12.0 Å². The van der Waals surface area contributed by atoms with Crippen LogP contribution in [-0.2, 0) is 0 Å². The third-order valence-corrected chi connectivity index (χ3v) is 4.52. The van der Waals surface area contributed by atoms with E-state index in [0.717, 1.165) is 5.92 Å². The van der Waals surface area contributed by atoms with Crippen molar-refractivity contribution in [3.63, 3.8) is 0 Å². The number of nitrogens with one attached hydrogen (secondary N) is 1. The number of benzene rings is 1. The molecule has 0 saturated heterocycles. The van der Waals surface area contributed by atoms with Crippen molar-refractivity contribution in [3.05, 3.63) is 35.4 Å². The molecule has 0 radical (unpaired) electrons. The van der Waals surface area contributed by atoms with E-state index in [2.05, 4.69) is 50.4 Å². The molecule has 0 bridgehead atoms. The van der Waals surface area contributed by atoms with Crippen LogP contribution < -0.4 is 5.32 Å². The summed E-state index contributed by atoms with van der Waals surface area (Å²) >= 11 is 0. The Morgan fingerprint density at radius 1 is 1.06 bits per heavy atom. The average Bonchev–Trinajstić information content (AvgIpc) is 2.40. The molecule has 1 unspecified atom stereocenters. The minimum Gasteiger partial charge on any atom is -0.307 e. The van der Waals surface area contributed by atoms with E-state index >= 15 is 0 Å². The van der Waals surface area contributed by atoms with Crippen LogP contribution in [-0.4, -0.2) is 6.04 Å². The highest BCUT2D eigenvalue weighted by Gasteiger charge is 2.21. The largest absolute Gasteiger partial charge is 0.307 e. The molecular weight excluding hydrogens is 218 g/mol. The molecule has 1 aromatic rings. The standard InChI is InChI=1S/C17H27N/c1-13-9-7-8-12-17(13)15(3)18-14(2)16-10-5-4-6-11-16/h7-9,12,14-16,18H,4-6,10-11H2,1-3H3/t14-,15?/m0/s1. The first-order chi connectivity index (χ1) is 8.68. The minimum atomic E-state index is 0.461. The Morgan fingerprint density at radius 2 is 1.72 bits per heavy atom. The van der Waals surface area contributed by atoms with Crippen molar-refractivity contribution in [2.45, 2.75) is 65.0 Å². The van der Waals surface area contributed by atoms with Crippen molar-refractivity contribution in [3.8, 4) is 0 Å². The maximum absolute atomic E-state index is 3.81. The first-order valence-corrected chi connectivity index (χ1v) is 7.50.